The summed E-state index contributed by atoms with van der Waals surface area (Å²) in [6, 6.07) is 6.61. The van der Waals surface area contributed by atoms with Gasteiger partial charge in [-0.1, -0.05) is 6.07 Å². The summed E-state index contributed by atoms with van der Waals surface area (Å²) in [5, 5.41) is 24.0. The summed E-state index contributed by atoms with van der Waals surface area (Å²) in [6.45, 7) is 6.76. The molecule has 0 aliphatic rings. The number of nitrogens with one attached hydrogen (secondary N) is 1. The fourth-order valence-corrected chi connectivity index (χ4v) is 2.49. The Hall–Kier alpha value is -4.08. The fraction of sp³-hybridized carbons (Fsp3) is 0.235. The second kappa shape index (κ2) is 8.95. The van der Waals surface area contributed by atoms with Gasteiger partial charge in [0.1, 0.15) is 12.3 Å². The molecule has 0 amide bonds. The Balaban J connectivity index is 2.64. The second-order valence-corrected chi connectivity index (χ2v) is 5.75. The third kappa shape index (κ3) is 5.04. The van der Waals surface area contributed by atoms with Crippen LogP contribution in [-0.2, 0) is 6.18 Å². The zero-order valence-electron chi connectivity index (χ0n) is 15.3. The Morgan fingerprint density at radius 3 is 2.23 bits per heavy atom. The van der Waals surface area contributed by atoms with E-state index in [1.54, 1.807) is 12.1 Å². The Morgan fingerprint density at radius 2 is 1.77 bits per heavy atom. The number of hydrogen-bond donors (Lipinski definition) is 1. The fourth-order valence-electron chi connectivity index (χ4n) is 2.49. The van der Waals surface area contributed by atoms with E-state index in [0.29, 0.717) is 11.4 Å². The molecule has 0 aliphatic heterocycles. The minimum Gasteiger partial charge on any atom is -0.497 e. The average Bonchev–Trinajstić information content (AvgIpc) is 2.69. The molecular weight excluding hydrogens is 411 g/mol. The van der Waals surface area contributed by atoms with Gasteiger partial charge in [0.15, 0.2) is 0 Å². The maximum atomic E-state index is 13.1. The molecule has 0 unspecified atom stereocenters. The minimum atomic E-state index is -5.02. The van der Waals surface area contributed by atoms with E-state index in [9.17, 15) is 33.4 Å². The van der Waals surface area contributed by atoms with Gasteiger partial charge in [-0.3, -0.25) is 30.7 Å². The summed E-state index contributed by atoms with van der Waals surface area (Å²) in [5.41, 5.74) is -1.77. The number of hydrazine groups is 1. The number of nitro groups is 2. The van der Waals surface area contributed by atoms with Crippen LogP contribution in [0.5, 0.6) is 5.75 Å². The van der Waals surface area contributed by atoms with E-state index >= 15 is 0 Å². The van der Waals surface area contributed by atoms with Crippen molar-refractivity contribution in [1.82, 2.24) is 0 Å². The van der Waals surface area contributed by atoms with Crippen LogP contribution in [0, 0.1) is 26.8 Å². The third-order valence-electron chi connectivity index (χ3n) is 3.86. The van der Waals surface area contributed by atoms with E-state index in [-0.39, 0.29) is 25.2 Å². The van der Waals surface area contributed by atoms with Crippen molar-refractivity contribution in [3.8, 4) is 5.75 Å². The maximum absolute atomic E-state index is 13.1. The molecule has 0 saturated carbocycles. The van der Waals surface area contributed by atoms with Crippen molar-refractivity contribution in [2.45, 2.75) is 6.18 Å². The normalized spacial score (nSPS) is 10.8. The molecule has 0 radical (unpaired) electrons. The molecule has 0 aromatic heterocycles. The molecule has 10 nitrogen and oxygen atoms in total. The number of methoxy groups -OCH3 is 1. The van der Waals surface area contributed by atoms with E-state index in [1.165, 1.54) is 24.3 Å². The van der Waals surface area contributed by atoms with Crippen LogP contribution in [0.3, 0.4) is 0 Å². The molecule has 2 rings (SSSR count). The van der Waals surface area contributed by atoms with Crippen LogP contribution >= 0.6 is 0 Å². The quantitative estimate of drug-likeness (QED) is 0.381. The number of benzene rings is 2. The Bertz CT molecular complexity index is 971. The predicted octanol–water partition coefficient (Wildman–Crippen LogP) is 4.28. The number of rotatable bonds is 8. The first kappa shape index (κ1) is 22.2. The molecule has 30 heavy (non-hydrogen) atoms. The first-order valence-corrected chi connectivity index (χ1v) is 8.14. The van der Waals surface area contributed by atoms with Gasteiger partial charge in [0.25, 0.3) is 0 Å². The lowest BCUT2D eigenvalue weighted by Crippen LogP contribution is -2.33. The molecule has 1 N–H and O–H groups in total. The molecule has 158 valence electrons. The van der Waals surface area contributed by atoms with Gasteiger partial charge in [-0.15, -0.1) is 0 Å². The highest BCUT2D eigenvalue weighted by atomic mass is 19.4. The Morgan fingerprint density at radius 1 is 1.17 bits per heavy atom. The van der Waals surface area contributed by atoms with Gasteiger partial charge in [0.05, 0.1) is 28.2 Å². The zero-order valence-corrected chi connectivity index (χ0v) is 15.3. The van der Waals surface area contributed by atoms with E-state index in [2.05, 4.69) is 10.3 Å². The molecule has 0 aliphatic carbocycles. The first-order chi connectivity index (χ1) is 14.1. The lowest BCUT2D eigenvalue weighted by atomic mass is 10.1. The van der Waals surface area contributed by atoms with Gasteiger partial charge in [-0.05, 0) is 12.1 Å². The lowest BCUT2D eigenvalue weighted by Gasteiger charge is -2.25. The summed E-state index contributed by atoms with van der Waals surface area (Å²) in [5.74, 6) is 0.388. The van der Waals surface area contributed by atoms with Gasteiger partial charge < -0.3 is 9.58 Å². The van der Waals surface area contributed by atoms with E-state index < -0.39 is 38.6 Å². The highest BCUT2D eigenvalue weighted by Gasteiger charge is 2.38. The molecular formula is C17H14F3N5O5. The number of alkyl halides is 3. The van der Waals surface area contributed by atoms with Crippen LogP contribution in [0.15, 0.2) is 36.4 Å². The zero-order chi connectivity index (χ0) is 22.5. The Kier molecular flexibility index (Phi) is 6.62. The number of nitro benzene ring substituents is 2. The molecule has 0 spiro atoms. The minimum absolute atomic E-state index is 0.0774. The third-order valence-corrected chi connectivity index (χ3v) is 3.86. The van der Waals surface area contributed by atoms with Gasteiger partial charge >= 0.3 is 17.6 Å². The largest absolute Gasteiger partial charge is 0.497 e. The number of hydrogen-bond acceptors (Lipinski definition) is 7. The predicted molar refractivity (Wildman–Crippen MR) is 100 cm³/mol. The van der Waals surface area contributed by atoms with Crippen LogP contribution in [0.25, 0.3) is 4.85 Å². The molecule has 13 heteroatoms. The van der Waals surface area contributed by atoms with Gasteiger partial charge in [0, 0.05) is 18.2 Å². The van der Waals surface area contributed by atoms with E-state index in [0.717, 1.165) is 0 Å². The first-order valence-electron chi connectivity index (χ1n) is 8.14. The van der Waals surface area contributed by atoms with E-state index in [1.807, 2.05) is 0 Å². The smallest absolute Gasteiger partial charge is 0.416 e. The molecule has 2 aromatic carbocycles. The summed E-state index contributed by atoms with van der Waals surface area (Å²) in [4.78, 5) is 23.7. The number of halogens is 3. The van der Waals surface area contributed by atoms with Gasteiger partial charge in [-0.25, -0.2) is 6.57 Å². The van der Waals surface area contributed by atoms with Gasteiger partial charge in [-0.2, -0.15) is 13.2 Å². The molecule has 0 saturated heterocycles. The SMILES string of the molecule is [C-]#[N+]CCN(Nc1c([N+](=O)[O-])cc(C(F)(F)F)cc1[N+](=O)[O-])c1cccc(OC)c1. The summed E-state index contributed by atoms with van der Waals surface area (Å²) >= 11 is 0. The topological polar surface area (TPSA) is 115 Å². The summed E-state index contributed by atoms with van der Waals surface area (Å²) in [6.07, 6.45) is -5.02. The standard InChI is InChI=1S/C17H14F3N5O5/c1-21-6-7-23(12-4-3-5-13(10-12)30-2)22-16-14(24(26)27)8-11(17(18,19)20)9-15(16)25(28)29/h3-5,8-10,22H,6-7H2,2H3. The highest BCUT2D eigenvalue weighted by Crippen LogP contribution is 2.41. The lowest BCUT2D eigenvalue weighted by molar-refractivity contribution is -0.392. The summed E-state index contributed by atoms with van der Waals surface area (Å²) < 4.78 is 44.3. The molecule has 0 bridgehead atoms. The average molecular weight is 425 g/mol. The monoisotopic (exact) mass is 425 g/mol. The molecule has 0 atom stereocenters. The summed E-state index contributed by atoms with van der Waals surface area (Å²) in [7, 11) is 1.39. The van der Waals surface area contributed by atoms with Crippen LogP contribution in [-0.4, -0.2) is 30.0 Å². The van der Waals surface area contributed by atoms with Crippen molar-refractivity contribution >= 4 is 22.7 Å². The van der Waals surface area contributed by atoms with Crippen molar-refractivity contribution in [2.75, 3.05) is 30.6 Å². The number of nitrogens with zero attached hydrogens (tertiary/aromatic N) is 4. The maximum Gasteiger partial charge on any atom is 0.416 e. The van der Waals surface area contributed by atoms with Crippen molar-refractivity contribution in [3.63, 3.8) is 0 Å². The number of ether oxygens (including phenoxy) is 1. The van der Waals surface area contributed by atoms with Crippen molar-refractivity contribution in [3.05, 3.63) is 73.6 Å². The van der Waals surface area contributed by atoms with E-state index in [4.69, 9.17) is 11.3 Å². The van der Waals surface area contributed by atoms with Crippen molar-refractivity contribution in [1.29, 1.82) is 0 Å². The van der Waals surface area contributed by atoms with Crippen LogP contribution in [0.2, 0.25) is 0 Å². The van der Waals surface area contributed by atoms with Crippen molar-refractivity contribution in [2.24, 2.45) is 0 Å². The molecule has 0 heterocycles. The second-order valence-electron chi connectivity index (χ2n) is 5.75. The van der Waals surface area contributed by atoms with Crippen molar-refractivity contribution < 1.29 is 27.8 Å². The van der Waals surface area contributed by atoms with Crippen LogP contribution < -0.4 is 15.2 Å². The highest BCUT2D eigenvalue weighted by molar-refractivity contribution is 5.77. The Labute approximate surface area is 167 Å². The number of anilines is 2. The van der Waals surface area contributed by atoms with Gasteiger partial charge in [0.2, 0.25) is 12.2 Å². The van der Waals surface area contributed by atoms with Crippen LogP contribution in [0.1, 0.15) is 5.56 Å². The van der Waals surface area contributed by atoms with Crippen LogP contribution in [0.4, 0.5) is 35.9 Å². The molecule has 2 aromatic rings. The molecule has 0 fully saturated rings.